The number of carbonyl (C=O) groups is 2. The number of nitrogens with zero attached hydrogens (tertiary/aromatic N) is 2. The molecule has 124 valence electrons. The van der Waals surface area contributed by atoms with Crippen LogP contribution >= 0.6 is 0 Å². The molecule has 1 N–H and O–H groups in total. The molecule has 1 fully saturated rings. The molecule has 6 heteroatoms. The van der Waals surface area contributed by atoms with Crippen LogP contribution < -0.4 is 10.2 Å². The van der Waals surface area contributed by atoms with Gasteiger partial charge in [-0.15, -0.1) is 0 Å². The van der Waals surface area contributed by atoms with Gasteiger partial charge in [0.2, 0.25) is 0 Å². The van der Waals surface area contributed by atoms with Gasteiger partial charge in [0.25, 0.3) is 5.91 Å². The van der Waals surface area contributed by atoms with Gasteiger partial charge in [0.15, 0.2) is 0 Å². The zero-order valence-electron chi connectivity index (χ0n) is 13.9. The fourth-order valence-electron chi connectivity index (χ4n) is 2.80. The molecule has 1 saturated heterocycles. The van der Waals surface area contributed by atoms with E-state index in [9.17, 15) is 9.59 Å². The molecule has 3 rings (SSSR count). The Morgan fingerprint density at radius 1 is 1.17 bits per heavy atom. The molecule has 0 unspecified atom stereocenters. The number of aromatic nitrogens is 1. The lowest BCUT2D eigenvalue weighted by atomic mass is 10.2. The molecule has 2 aromatic rings. The van der Waals surface area contributed by atoms with E-state index in [1.807, 2.05) is 30.5 Å². The van der Waals surface area contributed by atoms with Crippen LogP contribution in [0.15, 0.2) is 42.1 Å². The first-order valence-corrected chi connectivity index (χ1v) is 7.60. The summed E-state index contributed by atoms with van der Waals surface area (Å²) in [4.78, 5) is 25.9. The van der Waals surface area contributed by atoms with Crippen LogP contribution in [0.4, 0.5) is 10.5 Å². The van der Waals surface area contributed by atoms with E-state index >= 15 is 0 Å². The summed E-state index contributed by atoms with van der Waals surface area (Å²) in [6.45, 7) is 4.37. The normalized spacial score (nSPS) is 16.1. The van der Waals surface area contributed by atoms with E-state index in [1.165, 1.54) is 0 Å². The van der Waals surface area contributed by atoms with Gasteiger partial charge >= 0.3 is 6.03 Å². The molecule has 0 bridgehead atoms. The number of urea groups is 1. The van der Waals surface area contributed by atoms with E-state index < -0.39 is 6.03 Å². The number of carbonyl (C=O) groups excluding carboxylic acids is 2. The molecule has 3 amide bonds. The number of anilines is 1. The third-order valence-corrected chi connectivity index (χ3v) is 4.06. The summed E-state index contributed by atoms with van der Waals surface area (Å²) in [6.07, 6.45) is 1.71. The van der Waals surface area contributed by atoms with Gasteiger partial charge < -0.3 is 14.6 Å². The number of hydrogen-bond acceptors (Lipinski definition) is 3. The average Bonchev–Trinajstić information content (AvgIpc) is 2.99. The number of aryl methyl sites for hydroxylation is 1. The Morgan fingerprint density at radius 2 is 1.88 bits per heavy atom. The van der Waals surface area contributed by atoms with Crippen molar-refractivity contribution in [2.45, 2.75) is 20.6 Å². The molecule has 0 aliphatic carbocycles. The number of rotatable bonds is 4. The molecular weight excluding hydrogens is 306 g/mol. The first-order valence-electron chi connectivity index (χ1n) is 7.60. The number of ether oxygens (including phenoxy) is 1. The SMILES string of the molecule is COCn1c(C)cc(/C=C2/NC(=O)N(c3ccccc3)C2=O)c1C. The molecule has 0 radical (unpaired) electrons. The maximum Gasteiger partial charge on any atom is 0.333 e. The van der Waals surface area contributed by atoms with Gasteiger partial charge in [0.1, 0.15) is 12.4 Å². The van der Waals surface area contributed by atoms with Gasteiger partial charge in [-0.05, 0) is 43.7 Å². The van der Waals surface area contributed by atoms with Crippen molar-refractivity contribution in [1.82, 2.24) is 9.88 Å². The topological polar surface area (TPSA) is 63.6 Å². The second kappa shape index (κ2) is 6.33. The summed E-state index contributed by atoms with van der Waals surface area (Å²) in [5.41, 5.74) is 3.69. The number of imide groups is 1. The smallest absolute Gasteiger partial charge is 0.333 e. The van der Waals surface area contributed by atoms with Crippen LogP contribution in [0.1, 0.15) is 17.0 Å². The molecule has 1 aliphatic heterocycles. The van der Waals surface area contributed by atoms with Gasteiger partial charge in [-0.1, -0.05) is 18.2 Å². The molecule has 1 aromatic carbocycles. The number of amides is 3. The van der Waals surface area contributed by atoms with E-state index in [1.54, 1.807) is 37.5 Å². The fraction of sp³-hybridized carbons (Fsp3) is 0.222. The molecule has 2 heterocycles. The first kappa shape index (κ1) is 16.0. The molecule has 1 aromatic heterocycles. The zero-order valence-corrected chi connectivity index (χ0v) is 13.9. The van der Waals surface area contributed by atoms with Crippen molar-refractivity contribution >= 4 is 23.7 Å². The number of nitrogens with one attached hydrogen (secondary N) is 1. The van der Waals surface area contributed by atoms with E-state index in [2.05, 4.69) is 5.32 Å². The van der Waals surface area contributed by atoms with Crippen LogP contribution in [0.2, 0.25) is 0 Å². The predicted molar refractivity (Wildman–Crippen MR) is 91.4 cm³/mol. The minimum Gasteiger partial charge on any atom is -0.364 e. The number of methoxy groups -OCH3 is 1. The lowest BCUT2D eigenvalue weighted by molar-refractivity contribution is -0.113. The van der Waals surface area contributed by atoms with Gasteiger partial charge in [0, 0.05) is 18.5 Å². The Balaban J connectivity index is 1.94. The Kier molecular flexibility index (Phi) is 4.22. The lowest BCUT2D eigenvalue weighted by Crippen LogP contribution is -2.30. The van der Waals surface area contributed by atoms with Crippen LogP contribution in [0.25, 0.3) is 6.08 Å². The maximum absolute atomic E-state index is 12.6. The van der Waals surface area contributed by atoms with Crippen LogP contribution in [-0.2, 0) is 16.3 Å². The molecule has 1 aliphatic rings. The molecule has 0 saturated carbocycles. The summed E-state index contributed by atoms with van der Waals surface area (Å²) < 4.78 is 7.19. The quantitative estimate of drug-likeness (QED) is 0.694. The van der Waals surface area contributed by atoms with Crippen LogP contribution in [-0.4, -0.2) is 23.6 Å². The first-order chi connectivity index (χ1) is 11.5. The molecule has 6 nitrogen and oxygen atoms in total. The van der Waals surface area contributed by atoms with Crippen molar-refractivity contribution in [3.05, 3.63) is 59.0 Å². The second-order valence-electron chi connectivity index (χ2n) is 5.64. The minimum atomic E-state index is -0.442. The number of para-hydroxylation sites is 1. The van der Waals surface area contributed by atoms with E-state index in [-0.39, 0.29) is 11.6 Å². The average molecular weight is 325 g/mol. The van der Waals surface area contributed by atoms with Crippen molar-refractivity contribution < 1.29 is 14.3 Å². The Morgan fingerprint density at radius 3 is 2.54 bits per heavy atom. The zero-order chi connectivity index (χ0) is 17.3. The van der Waals surface area contributed by atoms with Crippen LogP contribution in [0.5, 0.6) is 0 Å². The standard InChI is InChI=1S/C18H19N3O3/c1-12-9-14(13(2)20(12)11-24-3)10-16-17(22)21(18(23)19-16)15-7-5-4-6-8-15/h4-10H,11H2,1-3H3,(H,19,23)/b16-10+. The van der Waals surface area contributed by atoms with E-state index in [0.717, 1.165) is 21.9 Å². The van der Waals surface area contributed by atoms with Gasteiger partial charge in [-0.2, -0.15) is 0 Å². The summed E-state index contributed by atoms with van der Waals surface area (Å²) in [5.74, 6) is -0.359. The van der Waals surface area contributed by atoms with Crippen molar-refractivity contribution in [1.29, 1.82) is 0 Å². The Bertz CT molecular complexity index is 822. The summed E-state index contributed by atoms with van der Waals surface area (Å²) in [7, 11) is 1.63. The number of hydrogen-bond donors (Lipinski definition) is 1. The fourth-order valence-corrected chi connectivity index (χ4v) is 2.80. The van der Waals surface area contributed by atoms with Gasteiger partial charge in [-0.25, -0.2) is 9.69 Å². The summed E-state index contributed by atoms with van der Waals surface area (Å²) in [5, 5.41) is 2.65. The molecule has 24 heavy (non-hydrogen) atoms. The van der Waals surface area contributed by atoms with E-state index in [4.69, 9.17) is 4.74 Å². The highest BCUT2D eigenvalue weighted by molar-refractivity contribution is 6.28. The highest BCUT2D eigenvalue weighted by Crippen LogP contribution is 2.24. The van der Waals surface area contributed by atoms with Crippen LogP contribution in [0.3, 0.4) is 0 Å². The van der Waals surface area contributed by atoms with Crippen molar-refractivity contribution in [3.63, 3.8) is 0 Å². The Labute approximate surface area is 140 Å². The van der Waals surface area contributed by atoms with Crippen molar-refractivity contribution in [2.75, 3.05) is 12.0 Å². The largest absolute Gasteiger partial charge is 0.364 e. The highest BCUT2D eigenvalue weighted by Gasteiger charge is 2.34. The van der Waals surface area contributed by atoms with Crippen molar-refractivity contribution in [3.8, 4) is 0 Å². The molecule has 0 atom stereocenters. The highest BCUT2D eigenvalue weighted by atomic mass is 16.5. The summed E-state index contributed by atoms with van der Waals surface area (Å²) >= 11 is 0. The van der Waals surface area contributed by atoms with Crippen LogP contribution in [0, 0.1) is 13.8 Å². The molecule has 0 spiro atoms. The number of benzene rings is 1. The van der Waals surface area contributed by atoms with Gasteiger partial charge in [0.05, 0.1) is 5.69 Å². The van der Waals surface area contributed by atoms with Crippen molar-refractivity contribution in [2.24, 2.45) is 0 Å². The second-order valence-corrected chi connectivity index (χ2v) is 5.64. The van der Waals surface area contributed by atoms with E-state index in [0.29, 0.717) is 12.4 Å². The maximum atomic E-state index is 12.6. The van der Waals surface area contributed by atoms with Gasteiger partial charge in [-0.3, -0.25) is 4.79 Å². The summed E-state index contributed by atoms with van der Waals surface area (Å²) in [6, 6.07) is 10.4. The lowest BCUT2D eigenvalue weighted by Gasteiger charge is -2.10. The third-order valence-electron chi connectivity index (χ3n) is 4.06. The predicted octanol–water partition coefficient (Wildman–Crippen LogP) is 2.81. The third kappa shape index (κ3) is 2.72. The Hall–Kier alpha value is -2.86. The monoisotopic (exact) mass is 325 g/mol. The molecular formula is C18H19N3O3. The minimum absolute atomic E-state index is 0.265.